The van der Waals surface area contributed by atoms with Gasteiger partial charge in [0, 0.05) is 45.5 Å². The van der Waals surface area contributed by atoms with Gasteiger partial charge in [0.2, 0.25) is 5.82 Å². The molecule has 176 valence electrons. The summed E-state index contributed by atoms with van der Waals surface area (Å²) in [6.07, 6.45) is -1.90. The van der Waals surface area contributed by atoms with E-state index < -0.39 is 29.1 Å². The van der Waals surface area contributed by atoms with Gasteiger partial charge in [-0.1, -0.05) is 40.5 Å². The average Bonchev–Trinajstić information content (AvgIpc) is 3.44. The van der Waals surface area contributed by atoms with Crippen LogP contribution >= 0.6 is 23.2 Å². The Kier molecular flexibility index (Phi) is 5.82. The molecule has 0 bridgehead atoms. The van der Waals surface area contributed by atoms with Crippen LogP contribution in [0.15, 0.2) is 71.5 Å². The van der Waals surface area contributed by atoms with Crippen LogP contribution in [-0.2, 0) is 12.7 Å². The van der Waals surface area contributed by atoms with Crippen molar-refractivity contribution in [3.05, 3.63) is 99.7 Å². The summed E-state index contributed by atoms with van der Waals surface area (Å²) in [4.78, 5) is 21.3. The van der Waals surface area contributed by atoms with Crippen molar-refractivity contribution in [1.29, 1.82) is 0 Å². The zero-order chi connectivity index (χ0) is 24.7. The fourth-order valence-electron chi connectivity index (χ4n) is 3.83. The van der Waals surface area contributed by atoms with Gasteiger partial charge in [0.15, 0.2) is 0 Å². The van der Waals surface area contributed by atoms with E-state index in [4.69, 9.17) is 27.7 Å². The minimum Gasteiger partial charge on any atom is -0.332 e. The molecule has 3 aromatic heterocycles. The Morgan fingerprint density at radius 1 is 0.971 bits per heavy atom. The van der Waals surface area contributed by atoms with Gasteiger partial charge in [-0.2, -0.15) is 18.2 Å². The molecule has 0 aliphatic rings. The number of rotatable bonds is 5. The number of benzene rings is 2. The first-order valence-electron chi connectivity index (χ1n) is 10.1. The Morgan fingerprint density at radius 3 is 2.34 bits per heavy atom. The van der Waals surface area contributed by atoms with E-state index in [1.165, 1.54) is 30.6 Å². The smallest absolute Gasteiger partial charge is 0.332 e. The van der Waals surface area contributed by atoms with Crippen LogP contribution in [0.2, 0.25) is 10.0 Å². The molecular formula is C24H13Cl2F3N4O2. The van der Waals surface area contributed by atoms with Crippen molar-refractivity contribution >= 4 is 39.9 Å². The molecule has 0 atom stereocenters. The summed E-state index contributed by atoms with van der Waals surface area (Å²) in [5, 5.41) is 4.39. The normalized spacial score (nSPS) is 11.8. The molecule has 11 heteroatoms. The average molecular weight is 517 g/mol. The lowest BCUT2D eigenvalue weighted by Crippen LogP contribution is -2.18. The number of hydrogen-bond acceptors (Lipinski definition) is 5. The van der Waals surface area contributed by atoms with Crippen LogP contribution in [0.25, 0.3) is 22.3 Å². The fourth-order valence-corrected chi connectivity index (χ4v) is 4.13. The van der Waals surface area contributed by atoms with E-state index >= 15 is 0 Å². The van der Waals surface area contributed by atoms with Gasteiger partial charge >= 0.3 is 6.18 Å². The summed E-state index contributed by atoms with van der Waals surface area (Å²) >= 11 is 12.0. The maximum atomic E-state index is 14.5. The molecule has 0 N–H and O–H groups in total. The van der Waals surface area contributed by atoms with E-state index in [-0.39, 0.29) is 28.3 Å². The maximum Gasteiger partial charge on any atom is 0.432 e. The van der Waals surface area contributed by atoms with Gasteiger partial charge < -0.3 is 9.09 Å². The van der Waals surface area contributed by atoms with Gasteiger partial charge in [-0.05, 0) is 48.0 Å². The molecule has 5 aromatic rings. The molecule has 0 aliphatic heterocycles. The fraction of sp³-hybridized carbons (Fsp3) is 0.0833. The molecule has 0 radical (unpaired) electrons. The Labute approximate surface area is 205 Å². The number of hydrogen-bond donors (Lipinski definition) is 0. The molecule has 0 fully saturated rings. The molecule has 5 rings (SSSR count). The van der Waals surface area contributed by atoms with Crippen molar-refractivity contribution in [3.63, 3.8) is 0 Å². The Balaban J connectivity index is 1.70. The number of pyridine rings is 1. The third-order valence-electron chi connectivity index (χ3n) is 5.33. The van der Waals surface area contributed by atoms with Crippen molar-refractivity contribution in [3.8, 4) is 11.4 Å². The van der Waals surface area contributed by atoms with Crippen LogP contribution in [0.5, 0.6) is 0 Å². The highest BCUT2D eigenvalue weighted by Crippen LogP contribution is 2.40. The van der Waals surface area contributed by atoms with E-state index in [0.717, 1.165) is 4.57 Å². The summed E-state index contributed by atoms with van der Waals surface area (Å²) < 4.78 is 49.5. The molecule has 6 nitrogen and oxygen atoms in total. The van der Waals surface area contributed by atoms with Gasteiger partial charge in [0.25, 0.3) is 11.7 Å². The standard InChI is InChI=1S/C24H13Cl2F3N4O2/c25-15-3-1-13(2-4-15)12-33-18-6-5-16(26)11-17(18)19(21(33)24(27,28)29)20(34)23-31-22(32-35-23)14-7-9-30-10-8-14/h1-11H,12H2. The number of carbonyl (C=O) groups excluding carboxylic acids is 1. The zero-order valence-electron chi connectivity index (χ0n) is 17.6. The number of fused-ring (bicyclic) bond motifs is 1. The lowest BCUT2D eigenvalue weighted by Gasteiger charge is -2.14. The molecule has 0 spiro atoms. The number of carbonyl (C=O) groups is 1. The minimum atomic E-state index is -4.88. The van der Waals surface area contributed by atoms with E-state index in [1.807, 2.05) is 0 Å². The summed E-state index contributed by atoms with van der Waals surface area (Å²) in [7, 11) is 0. The summed E-state index contributed by atoms with van der Waals surface area (Å²) in [5.74, 6) is -1.59. The first-order chi connectivity index (χ1) is 16.7. The lowest BCUT2D eigenvalue weighted by atomic mass is 10.1. The van der Waals surface area contributed by atoms with Crippen LogP contribution < -0.4 is 0 Å². The van der Waals surface area contributed by atoms with Gasteiger partial charge in [-0.3, -0.25) is 9.78 Å². The molecule has 2 aromatic carbocycles. The molecule has 0 amide bonds. The van der Waals surface area contributed by atoms with E-state index in [9.17, 15) is 18.0 Å². The van der Waals surface area contributed by atoms with Gasteiger partial charge in [-0.25, -0.2) is 0 Å². The Hall–Kier alpha value is -3.69. The van der Waals surface area contributed by atoms with Gasteiger partial charge in [0.1, 0.15) is 5.69 Å². The first-order valence-corrected chi connectivity index (χ1v) is 10.9. The number of alkyl halides is 3. The second-order valence-electron chi connectivity index (χ2n) is 7.58. The minimum absolute atomic E-state index is 0.0208. The van der Waals surface area contributed by atoms with Crippen LogP contribution in [0.3, 0.4) is 0 Å². The van der Waals surface area contributed by atoms with Gasteiger partial charge in [0.05, 0.1) is 5.56 Å². The monoisotopic (exact) mass is 516 g/mol. The summed E-state index contributed by atoms with van der Waals surface area (Å²) in [6, 6.07) is 13.8. The summed E-state index contributed by atoms with van der Waals surface area (Å²) in [5.41, 5.74) is -0.531. The molecule has 0 aliphatic carbocycles. The predicted molar refractivity (Wildman–Crippen MR) is 123 cm³/mol. The predicted octanol–water partition coefficient (Wildman–Crippen LogP) is 6.69. The quantitative estimate of drug-likeness (QED) is 0.243. The van der Waals surface area contributed by atoms with Crippen molar-refractivity contribution in [2.24, 2.45) is 0 Å². The van der Waals surface area contributed by atoms with Crippen molar-refractivity contribution < 1.29 is 22.5 Å². The van der Waals surface area contributed by atoms with Crippen molar-refractivity contribution in [1.82, 2.24) is 19.7 Å². The maximum absolute atomic E-state index is 14.5. The highest BCUT2D eigenvalue weighted by molar-refractivity contribution is 6.32. The molecule has 35 heavy (non-hydrogen) atoms. The van der Waals surface area contributed by atoms with Crippen LogP contribution in [-0.4, -0.2) is 25.5 Å². The topological polar surface area (TPSA) is 73.8 Å². The van der Waals surface area contributed by atoms with Gasteiger partial charge in [-0.15, -0.1) is 0 Å². The molecule has 0 saturated heterocycles. The molecule has 3 heterocycles. The number of aromatic nitrogens is 4. The van der Waals surface area contributed by atoms with E-state index in [1.54, 1.807) is 36.4 Å². The SMILES string of the molecule is O=C(c1nc(-c2ccncc2)no1)c1c(C(F)(F)F)n(Cc2ccc(Cl)cc2)c2ccc(Cl)cc12. The molecule has 0 unspecified atom stereocenters. The number of halogens is 5. The van der Waals surface area contributed by atoms with Crippen molar-refractivity contribution in [2.75, 3.05) is 0 Å². The largest absolute Gasteiger partial charge is 0.432 e. The first kappa shape index (κ1) is 23.1. The second-order valence-corrected chi connectivity index (χ2v) is 8.46. The second kappa shape index (κ2) is 8.83. The highest BCUT2D eigenvalue weighted by atomic mass is 35.5. The van der Waals surface area contributed by atoms with E-state index in [0.29, 0.717) is 16.1 Å². The van der Waals surface area contributed by atoms with Crippen LogP contribution in [0.1, 0.15) is 27.5 Å². The Morgan fingerprint density at radius 2 is 1.66 bits per heavy atom. The van der Waals surface area contributed by atoms with Crippen LogP contribution in [0.4, 0.5) is 13.2 Å². The molecule has 0 saturated carbocycles. The number of nitrogens with zero attached hydrogens (tertiary/aromatic N) is 4. The van der Waals surface area contributed by atoms with E-state index in [2.05, 4.69) is 15.1 Å². The van der Waals surface area contributed by atoms with Crippen LogP contribution in [0, 0.1) is 0 Å². The molecular weight excluding hydrogens is 504 g/mol. The number of ketones is 1. The third kappa shape index (κ3) is 4.40. The Bertz CT molecular complexity index is 1550. The highest BCUT2D eigenvalue weighted by Gasteiger charge is 2.42. The lowest BCUT2D eigenvalue weighted by molar-refractivity contribution is -0.143. The third-order valence-corrected chi connectivity index (χ3v) is 5.82. The summed E-state index contributed by atoms with van der Waals surface area (Å²) in [6.45, 7) is -0.163. The zero-order valence-corrected chi connectivity index (χ0v) is 19.1. The van der Waals surface area contributed by atoms with Crippen molar-refractivity contribution in [2.45, 2.75) is 12.7 Å².